The third-order valence-electron chi connectivity index (χ3n) is 3.11. The molecule has 0 saturated heterocycles. The second-order valence-electron chi connectivity index (χ2n) is 4.45. The van der Waals surface area contributed by atoms with Crippen LogP contribution < -0.4 is 16.0 Å². The van der Waals surface area contributed by atoms with Gasteiger partial charge in [0.15, 0.2) is 11.6 Å². The van der Waals surface area contributed by atoms with Crippen molar-refractivity contribution in [1.29, 1.82) is 0 Å². The molecule has 106 valence electrons. The Morgan fingerprint density at radius 1 is 1.30 bits per heavy atom. The topological polar surface area (TPSA) is 47.3 Å². The van der Waals surface area contributed by atoms with Crippen molar-refractivity contribution >= 4 is 15.9 Å². The number of hydrogen-bond donors (Lipinski definition) is 2. The van der Waals surface area contributed by atoms with E-state index in [0.717, 1.165) is 15.6 Å². The van der Waals surface area contributed by atoms with Gasteiger partial charge in [0.05, 0.1) is 13.2 Å². The normalized spacial score (nSPS) is 12.2. The molecule has 0 saturated carbocycles. The average Bonchev–Trinajstić information content (AvgIpc) is 2.45. The molecule has 0 amide bonds. The molecule has 2 aromatic carbocycles. The summed E-state index contributed by atoms with van der Waals surface area (Å²) in [4.78, 5) is 0. The molecule has 0 bridgehead atoms. The maximum Gasteiger partial charge on any atom is 0.165 e. The highest BCUT2D eigenvalue weighted by atomic mass is 79.9. The van der Waals surface area contributed by atoms with E-state index < -0.39 is 0 Å². The highest BCUT2D eigenvalue weighted by Crippen LogP contribution is 2.25. The van der Waals surface area contributed by atoms with Crippen LogP contribution >= 0.6 is 15.9 Å². The van der Waals surface area contributed by atoms with E-state index in [2.05, 4.69) is 21.4 Å². The number of rotatable bonds is 5. The van der Waals surface area contributed by atoms with E-state index in [4.69, 9.17) is 10.6 Å². The van der Waals surface area contributed by atoms with Crippen molar-refractivity contribution in [2.45, 2.75) is 12.5 Å². The van der Waals surface area contributed by atoms with Gasteiger partial charge >= 0.3 is 0 Å². The number of ether oxygens (including phenoxy) is 1. The summed E-state index contributed by atoms with van der Waals surface area (Å²) >= 11 is 3.44. The largest absolute Gasteiger partial charge is 0.494 e. The quantitative estimate of drug-likeness (QED) is 0.649. The second kappa shape index (κ2) is 6.83. The molecule has 1 atom stereocenters. The van der Waals surface area contributed by atoms with Crippen molar-refractivity contribution in [2.24, 2.45) is 5.84 Å². The molecular weight excluding hydrogens is 323 g/mol. The molecule has 0 fully saturated rings. The van der Waals surface area contributed by atoms with Gasteiger partial charge in [-0.3, -0.25) is 11.3 Å². The van der Waals surface area contributed by atoms with Crippen LogP contribution in [0, 0.1) is 5.82 Å². The summed E-state index contributed by atoms with van der Waals surface area (Å²) < 4.78 is 19.4. The first kappa shape index (κ1) is 15.0. The average molecular weight is 339 g/mol. The maximum atomic E-state index is 13.4. The Kier molecular flexibility index (Phi) is 5.11. The van der Waals surface area contributed by atoms with E-state index >= 15 is 0 Å². The molecule has 0 heterocycles. The fourth-order valence-electron chi connectivity index (χ4n) is 2.07. The highest BCUT2D eigenvalue weighted by Gasteiger charge is 2.13. The van der Waals surface area contributed by atoms with Gasteiger partial charge in [-0.05, 0) is 41.8 Å². The number of nitrogens with one attached hydrogen (secondary N) is 1. The van der Waals surface area contributed by atoms with Crippen LogP contribution in [0.15, 0.2) is 46.9 Å². The molecule has 2 aromatic rings. The second-order valence-corrected chi connectivity index (χ2v) is 5.36. The van der Waals surface area contributed by atoms with Gasteiger partial charge in [0, 0.05) is 4.47 Å². The molecule has 0 aromatic heterocycles. The SMILES string of the molecule is COc1cc(C(Cc2cccc(Br)c2)NN)ccc1F. The monoisotopic (exact) mass is 338 g/mol. The van der Waals surface area contributed by atoms with E-state index in [-0.39, 0.29) is 17.6 Å². The van der Waals surface area contributed by atoms with Crippen molar-refractivity contribution < 1.29 is 9.13 Å². The summed E-state index contributed by atoms with van der Waals surface area (Å²) in [6.07, 6.45) is 0.699. The number of methoxy groups -OCH3 is 1. The zero-order chi connectivity index (χ0) is 14.5. The third kappa shape index (κ3) is 3.56. The summed E-state index contributed by atoms with van der Waals surface area (Å²) in [5, 5.41) is 0. The molecule has 5 heteroatoms. The molecule has 0 aliphatic heterocycles. The summed E-state index contributed by atoms with van der Waals surface area (Å²) in [6, 6.07) is 12.6. The fourth-order valence-corrected chi connectivity index (χ4v) is 2.51. The van der Waals surface area contributed by atoms with Crippen LogP contribution in [0.2, 0.25) is 0 Å². The fraction of sp³-hybridized carbons (Fsp3) is 0.200. The summed E-state index contributed by atoms with van der Waals surface area (Å²) in [5.74, 6) is 5.46. The molecule has 20 heavy (non-hydrogen) atoms. The first-order valence-electron chi connectivity index (χ1n) is 6.18. The van der Waals surface area contributed by atoms with Crippen LogP contribution in [-0.4, -0.2) is 7.11 Å². The molecular formula is C15H16BrFN2O. The molecule has 0 aliphatic rings. The van der Waals surface area contributed by atoms with E-state index in [0.29, 0.717) is 6.42 Å². The summed E-state index contributed by atoms with van der Waals surface area (Å²) in [7, 11) is 1.45. The van der Waals surface area contributed by atoms with E-state index in [9.17, 15) is 4.39 Å². The van der Waals surface area contributed by atoms with Gasteiger partial charge in [-0.1, -0.05) is 34.1 Å². The number of benzene rings is 2. The number of nitrogens with two attached hydrogens (primary N) is 1. The number of halogens is 2. The predicted octanol–water partition coefficient (Wildman–Crippen LogP) is 3.34. The minimum absolute atomic E-state index is 0.112. The molecule has 0 radical (unpaired) electrons. The Labute approximate surface area is 126 Å². The smallest absolute Gasteiger partial charge is 0.165 e. The summed E-state index contributed by atoms with van der Waals surface area (Å²) in [6.45, 7) is 0. The zero-order valence-electron chi connectivity index (χ0n) is 11.1. The third-order valence-corrected chi connectivity index (χ3v) is 3.60. The van der Waals surface area contributed by atoms with Gasteiger partial charge in [0.25, 0.3) is 0 Å². The van der Waals surface area contributed by atoms with Crippen LogP contribution in [0.3, 0.4) is 0 Å². The molecule has 1 unspecified atom stereocenters. The van der Waals surface area contributed by atoms with E-state index in [1.165, 1.54) is 13.2 Å². The predicted molar refractivity (Wildman–Crippen MR) is 80.9 cm³/mol. The van der Waals surface area contributed by atoms with Crippen LogP contribution in [0.25, 0.3) is 0 Å². The maximum absolute atomic E-state index is 13.4. The van der Waals surface area contributed by atoms with Crippen molar-refractivity contribution in [3.8, 4) is 5.75 Å². The van der Waals surface area contributed by atoms with Crippen LogP contribution in [-0.2, 0) is 6.42 Å². The lowest BCUT2D eigenvalue weighted by Gasteiger charge is -2.17. The Hall–Kier alpha value is -1.43. The van der Waals surface area contributed by atoms with Gasteiger partial charge in [0.1, 0.15) is 0 Å². The Morgan fingerprint density at radius 2 is 2.10 bits per heavy atom. The lowest BCUT2D eigenvalue weighted by Crippen LogP contribution is -2.29. The lowest BCUT2D eigenvalue weighted by atomic mass is 9.99. The van der Waals surface area contributed by atoms with Crippen molar-refractivity contribution in [3.63, 3.8) is 0 Å². The standard InChI is InChI=1S/C15H16BrFN2O/c1-20-15-9-11(5-6-13(15)17)14(19-18)8-10-3-2-4-12(16)7-10/h2-7,9,14,19H,8,18H2,1H3. The number of hydrazine groups is 1. The van der Waals surface area contributed by atoms with Gasteiger partial charge in [-0.25, -0.2) is 4.39 Å². The molecule has 0 spiro atoms. The first-order chi connectivity index (χ1) is 9.63. The molecule has 3 nitrogen and oxygen atoms in total. The molecule has 0 aliphatic carbocycles. The van der Waals surface area contributed by atoms with E-state index in [1.807, 2.05) is 24.3 Å². The van der Waals surface area contributed by atoms with Crippen molar-refractivity contribution in [3.05, 3.63) is 63.9 Å². The van der Waals surface area contributed by atoms with Crippen LogP contribution in [0.1, 0.15) is 17.2 Å². The van der Waals surface area contributed by atoms with Crippen LogP contribution in [0.5, 0.6) is 5.75 Å². The van der Waals surface area contributed by atoms with Gasteiger partial charge in [-0.2, -0.15) is 0 Å². The molecule has 3 N–H and O–H groups in total. The minimum atomic E-state index is -0.380. The molecule has 2 rings (SSSR count). The van der Waals surface area contributed by atoms with Crippen LogP contribution in [0.4, 0.5) is 4.39 Å². The van der Waals surface area contributed by atoms with Gasteiger partial charge in [-0.15, -0.1) is 0 Å². The zero-order valence-corrected chi connectivity index (χ0v) is 12.7. The van der Waals surface area contributed by atoms with Crippen molar-refractivity contribution in [1.82, 2.24) is 5.43 Å². The highest BCUT2D eigenvalue weighted by molar-refractivity contribution is 9.10. The Balaban J connectivity index is 2.24. The Bertz CT molecular complexity index is 592. The number of hydrogen-bond acceptors (Lipinski definition) is 3. The van der Waals surface area contributed by atoms with Gasteiger partial charge < -0.3 is 4.74 Å². The summed E-state index contributed by atoms with van der Waals surface area (Å²) in [5.41, 5.74) is 4.77. The van der Waals surface area contributed by atoms with E-state index in [1.54, 1.807) is 12.1 Å². The lowest BCUT2D eigenvalue weighted by molar-refractivity contribution is 0.384. The Morgan fingerprint density at radius 3 is 2.75 bits per heavy atom. The van der Waals surface area contributed by atoms with Gasteiger partial charge in [0.2, 0.25) is 0 Å². The first-order valence-corrected chi connectivity index (χ1v) is 6.97. The minimum Gasteiger partial charge on any atom is -0.494 e. The van der Waals surface area contributed by atoms with Crippen molar-refractivity contribution in [2.75, 3.05) is 7.11 Å².